The highest BCUT2D eigenvalue weighted by Gasteiger charge is 2.17. The molecule has 18 heavy (non-hydrogen) atoms. The first-order chi connectivity index (χ1) is 8.33. The molecule has 0 atom stereocenters. The van der Waals surface area contributed by atoms with Crippen molar-refractivity contribution in [3.63, 3.8) is 0 Å². The van der Waals surface area contributed by atoms with E-state index in [0.29, 0.717) is 5.56 Å². The van der Waals surface area contributed by atoms with E-state index in [0.717, 1.165) is 0 Å². The number of hydrogen-bond donors (Lipinski definition) is 2. The topological polar surface area (TPSA) is 75.3 Å². The van der Waals surface area contributed by atoms with Crippen LogP contribution in [0, 0.1) is 6.92 Å². The van der Waals surface area contributed by atoms with Gasteiger partial charge in [0.05, 0.1) is 11.4 Å². The number of amides is 1. The van der Waals surface area contributed by atoms with Gasteiger partial charge in [-0.3, -0.25) is 4.79 Å². The van der Waals surface area contributed by atoms with Gasteiger partial charge in [-0.2, -0.15) is 0 Å². The molecule has 1 aromatic carbocycles. The SMILES string of the molecule is Cc1ccccc1S(=O)(=O)NCC(=O)NC(C)C. The summed E-state index contributed by atoms with van der Waals surface area (Å²) in [6, 6.07) is 6.62. The van der Waals surface area contributed by atoms with Gasteiger partial charge in [-0.1, -0.05) is 18.2 Å². The van der Waals surface area contributed by atoms with Crippen molar-refractivity contribution in [2.45, 2.75) is 31.7 Å². The number of aryl methyl sites for hydroxylation is 1. The van der Waals surface area contributed by atoms with E-state index >= 15 is 0 Å². The van der Waals surface area contributed by atoms with E-state index < -0.39 is 10.0 Å². The fourth-order valence-electron chi connectivity index (χ4n) is 1.47. The van der Waals surface area contributed by atoms with E-state index in [1.807, 2.05) is 13.8 Å². The van der Waals surface area contributed by atoms with Crippen molar-refractivity contribution in [1.29, 1.82) is 0 Å². The predicted octanol–water partition coefficient (Wildman–Crippen LogP) is 0.798. The molecule has 0 saturated heterocycles. The number of carbonyl (C=O) groups excluding carboxylic acids is 1. The first-order valence-electron chi connectivity index (χ1n) is 5.67. The molecule has 0 unspecified atom stereocenters. The monoisotopic (exact) mass is 270 g/mol. The highest BCUT2D eigenvalue weighted by Crippen LogP contribution is 2.13. The smallest absolute Gasteiger partial charge is 0.241 e. The van der Waals surface area contributed by atoms with Crippen LogP contribution in [0.3, 0.4) is 0 Å². The van der Waals surface area contributed by atoms with Crippen LogP contribution < -0.4 is 10.0 Å². The summed E-state index contributed by atoms with van der Waals surface area (Å²) in [6.07, 6.45) is 0. The molecule has 0 aliphatic heterocycles. The molecule has 0 bridgehead atoms. The Balaban J connectivity index is 2.72. The Morgan fingerprint density at radius 3 is 2.44 bits per heavy atom. The van der Waals surface area contributed by atoms with Crippen molar-refractivity contribution in [1.82, 2.24) is 10.0 Å². The van der Waals surface area contributed by atoms with Gasteiger partial charge in [-0.25, -0.2) is 13.1 Å². The average molecular weight is 270 g/mol. The maximum atomic E-state index is 12.0. The molecular formula is C12H18N2O3S. The van der Waals surface area contributed by atoms with Gasteiger partial charge < -0.3 is 5.32 Å². The standard InChI is InChI=1S/C12H18N2O3S/c1-9(2)14-12(15)8-13-18(16,17)11-7-5-4-6-10(11)3/h4-7,9,13H,8H2,1-3H3,(H,14,15). The Morgan fingerprint density at radius 1 is 1.28 bits per heavy atom. The van der Waals surface area contributed by atoms with Gasteiger partial charge in [0.2, 0.25) is 15.9 Å². The summed E-state index contributed by atoms with van der Waals surface area (Å²) >= 11 is 0. The summed E-state index contributed by atoms with van der Waals surface area (Å²) < 4.78 is 26.2. The molecule has 0 fully saturated rings. The van der Waals surface area contributed by atoms with Gasteiger partial charge in [0.1, 0.15) is 0 Å². The van der Waals surface area contributed by atoms with Crippen LogP contribution in [0.4, 0.5) is 0 Å². The van der Waals surface area contributed by atoms with Crippen LogP contribution in [0.5, 0.6) is 0 Å². The van der Waals surface area contributed by atoms with Gasteiger partial charge >= 0.3 is 0 Å². The normalized spacial score (nSPS) is 11.6. The fraction of sp³-hybridized carbons (Fsp3) is 0.417. The van der Waals surface area contributed by atoms with Crippen LogP contribution >= 0.6 is 0 Å². The molecule has 0 heterocycles. The number of carbonyl (C=O) groups is 1. The summed E-state index contributed by atoms with van der Waals surface area (Å²) in [4.78, 5) is 11.6. The minimum atomic E-state index is -3.63. The first-order valence-corrected chi connectivity index (χ1v) is 7.16. The molecule has 1 aromatic rings. The van der Waals surface area contributed by atoms with E-state index in [9.17, 15) is 13.2 Å². The summed E-state index contributed by atoms with van der Waals surface area (Å²) in [5, 5.41) is 2.62. The number of nitrogens with one attached hydrogen (secondary N) is 2. The summed E-state index contributed by atoms with van der Waals surface area (Å²) in [5.74, 6) is -0.345. The largest absolute Gasteiger partial charge is 0.353 e. The molecule has 6 heteroatoms. The molecule has 100 valence electrons. The zero-order valence-electron chi connectivity index (χ0n) is 10.7. The quantitative estimate of drug-likeness (QED) is 0.831. The highest BCUT2D eigenvalue weighted by atomic mass is 32.2. The van der Waals surface area contributed by atoms with Crippen molar-refractivity contribution in [2.75, 3.05) is 6.54 Å². The van der Waals surface area contributed by atoms with Crippen molar-refractivity contribution < 1.29 is 13.2 Å². The Labute approximate surface area is 108 Å². The average Bonchev–Trinajstić information content (AvgIpc) is 2.26. The Bertz CT molecular complexity index is 524. The zero-order valence-corrected chi connectivity index (χ0v) is 11.5. The maximum absolute atomic E-state index is 12.0. The lowest BCUT2D eigenvalue weighted by Crippen LogP contribution is -2.39. The minimum absolute atomic E-state index is 0.0135. The van der Waals surface area contributed by atoms with Gasteiger partial charge in [0, 0.05) is 6.04 Å². The van der Waals surface area contributed by atoms with Crippen molar-refractivity contribution in [3.05, 3.63) is 29.8 Å². The highest BCUT2D eigenvalue weighted by molar-refractivity contribution is 7.89. The van der Waals surface area contributed by atoms with Gasteiger partial charge in [0.25, 0.3) is 0 Å². The number of sulfonamides is 1. The van der Waals surface area contributed by atoms with Crippen LogP contribution in [-0.2, 0) is 14.8 Å². The van der Waals surface area contributed by atoms with Crippen LogP contribution in [0.1, 0.15) is 19.4 Å². The molecule has 5 nitrogen and oxygen atoms in total. The molecule has 1 rings (SSSR count). The van der Waals surface area contributed by atoms with E-state index in [2.05, 4.69) is 10.0 Å². The summed E-state index contributed by atoms with van der Waals surface area (Å²) in [5.41, 5.74) is 0.647. The second kappa shape index (κ2) is 5.97. The van der Waals surface area contributed by atoms with E-state index in [-0.39, 0.29) is 23.4 Å². The van der Waals surface area contributed by atoms with E-state index in [1.54, 1.807) is 25.1 Å². The van der Waals surface area contributed by atoms with Crippen molar-refractivity contribution in [3.8, 4) is 0 Å². The Hall–Kier alpha value is -1.40. The lowest BCUT2D eigenvalue weighted by molar-refractivity contribution is -0.120. The maximum Gasteiger partial charge on any atom is 0.241 e. The molecule has 1 amide bonds. The van der Waals surface area contributed by atoms with Crippen LogP contribution in [-0.4, -0.2) is 26.9 Å². The zero-order chi connectivity index (χ0) is 13.8. The third-order valence-corrected chi connectivity index (χ3v) is 3.82. The van der Waals surface area contributed by atoms with E-state index in [1.165, 1.54) is 6.07 Å². The molecule has 2 N–H and O–H groups in total. The minimum Gasteiger partial charge on any atom is -0.353 e. The summed E-state index contributed by atoms with van der Waals surface area (Å²) in [7, 11) is -3.63. The molecule has 0 saturated carbocycles. The third-order valence-electron chi connectivity index (χ3n) is 2.26. The number of benzene rings is 1. The lowest BCUT2D eigenvalue weighted by atomic mass is 10.2. The van der Waals surface area contributed by atoms with Gasteiger partial charge in [0.15, 0.2) is 0 Å². The molecule has 0 aliphatic carbocycles. The molecular weight excluding hydrogens is 252 g/mol. The van der Waals surface area contributed by atoms with E-state index in [4.69, 9.17) is 0 Å². The van der Waals surface area contributed by atoms with Gasteiger partial charge in [-0.15, -0.1) is 0 Å². The third kappa shape index (κ3) is 4.12. The van der Waals surface area contributed by atoms with Crippen molar-refractivity contribution in [2.24, 2.45) is 0 Å². The second-order valence-corrected chi connectivity index (χ2v) is 6.05. The Kier molecular flexibility index (Phi) is 4.86. The van der Waals surface area contributed by atoms with Crippen LogP contribution in [0.2, 0.25) is 0 Å². The van der Waals surface area contributed by atoms with Crippen molar-refractivity contribution >= 4 is 15.9 Å². The molecule has 0 spiro atoms. The second-order valence-electron chi connectivity index (χ2n) is 4.31. The van der Waals surface area contributed by atoms with Gasteiger partial charge in [-0.05, 0) is 32.4 Å². The molecule has 0 aliphatic rings. The summed E-state index contributed by atoms with van der Waals surface area (Å²) in [6.45, 7) is 5.08. The van der Waals surface area contributed by atoms with Crippen LogP contribution in [0.25, 0.3) is 0 Å². The predicted molar refractivity (Wildman–Crippen MR) is 69.6 cm³/mol. The lowest BCUT2D eigenvalue weighted by Gasteiger charge is -2.11. The first kappa shape index (κ1) is 14.7. The number of rotatable bonds is 5. The van der Waals surface area contributed by atoms with Crippen LogP contribution in [0.15, 0.2) is 29.2 Å². The fourth-order valence-corrected chi connectivity index (χ4v) is 2.70. The Morgan fingerprint density at radius 2 is 1.89 bits per heavy atom. The molecule has 0 aromatic heterocycles. The number of hydrogen-bond acceptors (Lipinski definition) is 3. The molecule has 0 radical (unpaired) electrons.